The molecule has 1 aliphatic heterocycles. The van der Waals surface area contributed by atoms with E-state index >= 15 is 0 Å². The van der Waals surface area contributed by atoms with E-state index in [9.17, 15) is 40.2 Å². The highest BCUT2D eigenvalue weighted by Crippen LogP contribution is 2.66. The Morgan fingerprint density at radius 2 is 0.851 bits per heavy atom. The lowest BCUT2D eigenvalue weighted by Crippen LogP contribution is -2.49. The second-order valence-corrected chi connectivity index (χ2v) is 12.4. The molecule has 0 bridgehead atoms. The maximum atomic E-state index is 14.7. The van der Waals surface area contributed by atoms with Crippen LogP contribution in [0.2, 0.25) is 0 Å². The normalized spacial score (nSPS) is 24.0. The molecule has 9 nitrogen and oxygen atoms in total. The summed E-state index contributed by atoms with van der Waals surface area (Å²) in [4.78, 5) is 29.4. The van der Waals surface area contributed by atoms with Crippen LogP contribution in [0.1, 0.15) is 43.7 Å². The van der Waals surface area contributed by atoms with E-state index < -0.39 is 35.0 Å². The molecule has 1 saturated heterocycles. The second-order valence-electron chi connectivity index (χ2n) is 12.4. The molecule has 0 aromatic heterocycles. The molecule has 47 heavy (non-hydrogen) atoms. The molecule has 0 unspecified atom stereocenters. The molecule has 0 saturated carbocycles. The van der Waals surface area contributed by atoms with Crippen molar-refractivity contribution in [1.82, 2.24) is 0 Å². The van der Waals surface area contributed by atoms with E-state index in [1.54, 1.807) is 60.7 Å². The van der Waals surface area contributed by atoms with Crippen LogP contribution in [-0.2, 0) is 4.74 Å². The van der Waals surface area contributed by atoms with Crippen molar-refractivity contribution in [3.8, 4) is 45.3 Å². The number of carbonyl (C=O) groups excluding carboxylic acids is 2. The number of phenols is 4. The van der Waals surface area contributed by atoms with E-state index in [1.807, 2.05) is 0 Å². The first-order valence-corrected chi connectivity index (χ1v) is 14.9. The lowest BCUT2D eigenvalue weighted by Gasteiger charge is -2.37. The standard InChI is InChI=1S/C38H24O9/c39-21-9-1-17(2-10-21)23-13-5-19-7-15-25(41)31-27(19)29(23)35(43)37(45)33(31)34-32-26(42)16-8-20-6-14-24(18-3-11-22(40)12-4-18)30(28(20)32)36(44)38(34,46)47-37/h1-16,33-34,39-42,45-46H/t33-,34+,37-,38+. The van der Waals surface area contributed by atoms with Gasteiger partial charge in [-0.15, -0.1) is 0 Å². The van der Waals surface area contributed by atoms with Gasteiger partial charge in [-0.2, -0.15) is 0 Å². The SMILES string of the molecule is O=C1c2c(-c3ccc(O)cc3)ccc3ccc(O)c(c23)[C@@H]2[C@@H]3c4c(O)ccc5ccc(-c6ccc(O)cc6)c(c45)C(=O)[C@@]3(O)O[C@@]12O. The number of Topliss-reactive ketones (excluding diaryl/α,β-unsaturated/α-hetero) is 2. The summed E-state index contributed by atoms with van der Waals surface area (Å²) in [6, 6.07) is 25.2. The number of phenolic OH excluding ortho intramolecular Hbond substituents is 4. The number of carbonyl (C=O) groups is 2. The van der Waals surface area contributed by atoms with Gasteiger partial charge in [0.05, 0.1) is 11.8 Å². The third-order valence-corrected chi connectivity index (χ3v) is 9.98. The summed E-state index contributed by atoms with van der Waals surface area (Å²) in [6.07, 6.45) is 0. The zero-order valence-electron chi connectivity index (χ0n) is 24.3. The fourth-order valence-electron chi connectivity index (χ4n) is 8.01. The molecular formula is C38H24O9. The molecule has 2 aliphatic carbocycles. The number of ketones is 2. The first-order valence-electron chi connectivity index (χ1n) is 14.9. The Morgan fingerprint density at radius 1 is 0.489 bits per heavy atom. The van der Waals surface area contributed by atoms with Gasteiger partial charge in [-0.05, 0) is 69.4 Å². The number of aliphatic hydroxyl groups is 2. The van der Waals surface area contributed by atoms with Gasteiger partial charge in [-0.1, -0.05) is 60.7 Å². The molecule has 1 heterocycles. The second kappa shape index (κ2) is 8.95. The van der Waals surface area contributed by atoms with Crippen LogP contribution in [0.25, 0.3) is 43.8 Å². The number of hydrogen-bond donors (Lipinski definition) is 6. The zero-order valence-corrected chi connectivity index (χ0v) is 24.3. The van der Waals surface area contributed by atoms with Gasteiger partial charge in [0.1, 0.15) is 23.0 Å². The maximum Gasteiger partial charge on any atom is 0.242 e. The quantitative estimate of drug-likeness (QED) is 0.139. The minimum Gasteiger partial charge on any atom is -0.508 e. The summed E-state index contributed by atoms with van der Waals surface area (Å²) in [6.45, 7) is 0. The third kappa shape index (κ3) is 3.37. The number of rotatable bonds is 2. The van der Waals surface area contributed by atoms with Gasteiger partial charge in [0.25, 0.3) is 0 Å². The Hall–Kier alpha value is -5.74. The zero-order chi connectivity index (χ0) is 32.6. The molecule has 9 rings (SSSR count). The number of aromatic hydroxyl groups is 4. The largest absolute Gasteiger partial charge is 0.508 e. The Morgan fingerprint density at radius 3 is 1.23 bits per heavy atom. The van der Waals surface area contributed by atoms with Gasteiger partial charge in [0.15, 0.2) is 0 Å². The van der Waals surface area contributed by atoms with Crippen molar-refractivity contribution in [2.24, 2.45) is 0 Å². The van der Waals surface area contributed by atoms with E-state index in [2.05, 4.69) is 0 Å². The van der Waals surface area contributed by atoms with Gasteiger partial charge in [-0.3, -0.25) is 9.59 Å². The molecule has 0 amide bonds. The number of ether oxygens (including phenoxy) is 1. The van der Waals surface area contributed by atoms with Gasteiger partial charge in [0.2, 0.25) is 23.1 Å². The molecule has 0 spiro atoms. The Bertz CT molecular complexity index is 2230. The lowest BCUT2D eigenvalue weighted by atomic mass is 9.63. The van der Waals surface area contributed by atoms with Crippen molar-refractivity contribution >= 4 is 33.1 Å². The highest BCUT2D eigenvalue weighted by atomic mass is 16.7. The molecule has 1 fully saturated rings. The highest BCUT2D eigenvalue weighted by Gasteiger charge is 2.73. The average Bonchev–Trinajstić information content (AvgIpc) is 3.32. The predicted molar refractivity (Wildman–Crippen MR) is 171 cm³/mol. The monoisotopic (exact) mass is 624 g/mol. The summed E-state index contributed by atoms with van der Waals surface area (Å²) in [7, 11) is 0. The fraction of sp³-hybridized carbons (Fsp3) is 0.105. The summed E-state index contributed by atoms with van der Waals surface area (Å²) in [5.74, 6) is -11.2. The summed E-state index contributed by atoms with van der Waals surface area (Å²) < 4.78 is 5.98. The summed E-state index contributed by atoms with van der Waals surface area (Å²) >= 11 is 0. The molecule has 6 aromatic carbocycles. The molecule has 4 atom stereocenters. The first-order chi connectivity index (χ1) is 22.5. The van der Waals surface area contributed by atoms with Crippen molar-refractivity contribution in [3.05, 3.63) is 119 Å². The molecule has 230 valence electrons. The van der Waals surface area contributed by atoms with Crippen LogP contribution in [0.15, 0.2) is 97.1 Å². The minimum absolute atomic E-state index is 0.00990. The van der Waals surface area contributed by atoms with Crippen LogP contribution in [0.4, 0.5) is 0 Å². The van der Waals surface area contributed by atoms with Crippen molar-refractivity contribution in [1.29, 1.82) is 0 Å². The Labute approximate surface area is 265 Å². The van der Waals surface area contributed by atoms with E-state index in [0.717, 1.165) is 0 Å². The topological polar surface area (TPSA) is 165 Å². The molecule has 0 radical (unpaired) electrons. The number of benzene rings is 6. The molecule has 6 N–H and O–H groups in total. The van der Waals surface area contributed by atoms with Crippen molar-refractivity contribution < 1.29 is 45.0 Å². The Balaban J connectivity index is 1.38. The minimum atomic E-state index is -2.85. The average molecular weight is 625 g/mol. The summed E-state index contributed by atoms with van der Waals surface area (Å²) in [5.41, 5.74) is 2.01. The van der Waals surface area contributed by atoms with Crippen LogP contribution in [0.5, 0.6) is 23.0 Å². The van der Waals surface area contributed by atoms with E-state index in [-0.39, 0.29) is 45.3 Å². The predicted octanol–water partition coefficient (Wildman–Crippen LogP) is 5.82. The molecule has 3 aliphatic rings. The smallest absolute Gasteiger partial charge is 0.242 e. The van der Waals surface area contributed by atoms with E-state index in [1.165, 1.54) is 36.4 Å². The highest BCUT2D eigenvalue weighted by molar-refractivity contribution is 6.23. The van der Waals surface area contributed by atoms with Crippen molar-refractivity contribution in [2.45, 2.75) is 23.4 Å². The number of hydrogen-bond acceptors (Lipinski definition) is 9. The van der Waals surface area contributed by atoms with E-state index in [0.29, 0.717) is 43.8 Å². The van der Waals surface area contributed by atoms with Crippen LogP contribution in [-0.4, -0.2) is 53.8 Å². The van der Waals surface area contributed by atoms with Crippen LogP contribution >= 0.6 is 0 Å². The van der Waals surface area contributed by atoms with E-state index in [4.69, 9.17) is 4.74 Å². The van der Waals surface area contributed by atoms with Gasteiger partial charge < -0.3 is 35.4 Å². The summed E-state index contributed by atoms with van der Waals surface area (Å²) in [5, 5.41) is 69.3. The molecular weight excluding hydrogens is 600 g/mol. The van der Waals surface area contributed by atoms with Crippen LogP contribution < -0.4 is 0 Å². The van der Waals surface area contributed by atoms with Crippen LogP contribution in [0, 0.1) is 0 Å². The van der Waals surface area contributed by atoms with Crippen molar-refractivity contribution in [2.75, 3.05) is 0 Å². The van der Waals surface area contributed by atoms with Gasteiger partial charge in [-0.25, -0.2) is 0 Å². The van der Waals surface area contributed by atoms with Gasteiger partial charge >= 0.3 is 0 Å². The van der Waals surface area contributed by atoms with Crippen molar-refractivity contribution in [3.63, 3.8) is 0 Å². The Kier molecular flexibility index (Phi) is 5.25. The fourth-order valence-corrected chi connectivity index (χ4v) is 8.01. The van der Waals surface area contributed by atoms with Gasteiger partial charge in [0, 0.05) is 33.0 Å². The third-order valence-electron chi connectivity index (χ3n) is 9.98. The lowest BCUT2D eigenvalue weighted by molar-refractivity contribution is -0.246. The molecule has 9 heteroatoms. The maximum absolute atomic E-state index is 14.7. The number of fused-ring (bicyclic) bond motifs is 5. The van der Waals surface area contributed by atoms with Crippen LogP contribution in [0.3, 0.4) is 0 Å². The first kappa shape index (κ1) is 27.6. The molecule has 6 aromatic rings.